The number of non-ortho nitro benzene ring substituents is 1. The van der Waals surface area contributed by atoms with Gasteiger partial charge in [-0.05, 0) is 38.0 Å². The Morgan fingerprint density at radius 1 is 1.33 bits per heavy atom. The van der Waals surface area contributed by atoms with Gasteiger partial charge in [0.2, 0.25) is 0 Å². The maximum Gasteiger partial charge on any atom is 0.275 e. The van der Waals surface area contributed by atoms with Crippen molar-refractivity contribution in [3.63, 3.8) is 0 Å². The standard InChI is InChI=1S/C16H24N2O3/c1-4-21-15-10-13(9-14(11-15)18(19)20)17-12-5-7-16(2,3)8-6-12/h9-12,17H,4-8H2,1-3H3. The van der Waals surface area contributed by atoms with Crippen molar-refractivity contribution < 1.29 is 9.66 Å². The summed E-state index contributed by atoms with van der Waals surface area (Å²) in [7, 11) is 0. The van der Waals surface area contributed by atoms with E-state index in [1.165, 1.54) is 18.9 Å². The van der Waals surface area contributed by atoms with Crippen LogP contribution in [0.4, 0.5) is 11.4 Å². The monoisotopic (exact) mass is 292 g/mol. The van der Waals surface area contributed by atoms with E-state index in [0.717, 1.165) is 18.5 Å². The third-order valence-corrected chi connectivity index (χ3v) is 4.12. The summed E-state index contributed by atoms with van der Waals surface area (Å²) >= 11 is 0. The Labute approximate surface area is 125 Å². The van der Waals surface area contributed by atoms with Crippen molar-refractivity contribution in [2.45, 2.75) is 52.5 Å². The zero-order chi connectivity index (χ0) is 15.5. The maximum absolute atomic E-state index is 11.0. The normalized spacial score (nSPS) is 18.2. The van der Waals surface area contributed by atoms with Crippen LogP contribution in [0.2, 0.25) is 0 Å². The van der Waals surface area contributed by atoms with E-state index in [9.17, 15) is 10.1 Å². The van der Waals surface area contributed by atoms with E-state index >= 15 is 0 Å². The topological polar surface area (TPSA) is 64.4 Å². The number of benzene rings is 1. The van der Waals surface area contributed by atoms with Gasteiger partial charge in [-0.15, -0.1) is 0 Å². The van der Waals surface area contributed by atoms with Crippen LogP contribution < -0.4 is 10.1 Å². The fourth-order valence-electron chi connectivity index (χ4n) is 2.80. The lowest BCUT2D eigenvalue weighted by atomic mass is 9.75. The Morgan fingerprint density at radius 2 is 2.00 bits per heavy atom. The minimum atomic E-state index is -0.377. The van der Waals surface area contributed by atoms with Crippen molar-refractivity contribution in [2.24, 2.45) is 5.41 Å². The Morgan fingerprint density at radius 3 is 2.57 bits per heavy atom. The number of hydrogen-bond acceptors (Lipinski definition) is 4. The molecule has 1 aliphatic rings. The van der Waals surface area contributed by atoms with Gasteiger partial charge in [-0.3, -0.25) is 10.1 Å². The molecule has 1 fully saturated rings. The van der Waals surface area contributed by atoms with E-state index in [-0.39, 0.29) is 10.6 Å². The van der Waals surface area contributed by atoms with Crippen LogP contribution in [0.1, 0.15) is 46.5 Å². The molecule has 0 aliphatic heterocycles. The zero-order valence-electron chi connectivity index (χ0n) is 13.0. The van der Waals surface area contributed by atoms with Gasteiger partial charge in [0.05, 0.1) is 17.6 Å². The average Bonchev–Trinajstić information content (AvgIpc) is 2.41. The van der Waals surface area contributed by atoms with Crippen LogP contribution in [-0.2, 0) is 0 Å². The predicted molar refractivity (Wildman–Crippen MR) is 83.9 cm³/mol. The number of nitro benzene ring substituents is 1. The quantitative estimate of drug-likeness (QED) is 0.646. The molecule has 0 heterocycles. The largest absolute Gasteiger partial charge is 0.494 e. The molecule has 5 nitrogen and oxygen atoms in total. The molecule has 0 unspecified atom stereocenters. The summed E-state index contributed by atoms with van der Waals surface area (Å²) in [6.45, 7) is 6.96. The molecule has 0 bridgehead atoms. The minimum absolute atomic E-state index is 0.0691. The Kier molecular flexibility index (Phi) is 4.70. The highest BCUT2D eigenvalue weighted by molar-refractivity contribution is 5.56. The average molecular weight is 292 g/mol. The molecule has 1 aromatic rings. The van der Waals surface area contributed by atoms with Crippen LogP contribution in [0, 0.1) is 15.5 Å². The molecule has 21 heavy (non-hydrogen) atoms. The lowest BCUT2D eigenvalue weighted by molar-refractivity contribution is -0.384. The van der Waals surface area contributed by atoms with Crippen LogP contribution in [0.25, 0.3) is 0 Å². The van der Waals surface area contributed by atoms with Crippen molar-refractivity contribution >= 4 is 11.4 Å². The number of nitrogens with zero attached hydrogens (tertiary/aromatic N) is 1. The Bertz CT molecular complexity index is 504. The Balaban J connectivity index is 2.10. The zero-order valence-corrected chi connectivity index (χ0v) is 13.0. The first-order valence-corrected chi connectivity index (χ1v) is 7.58. The van der Waals surface area contributed by atoms with Crippen molar-refractivity contribution in [3.8, 4) is 5.75 Å². The fraction of sp³-hybridized carbons (Fsp3) is 0.625. The molecule has 1 saturated carbocycles. The van der Waals surface area contributed by atoms with Crippen LogP contribution in [-0.4, -0.2) is 17.6 Å². The number of nitro groups is 1. The van der Waals surface area contributed by atoms with Crippen molar-refractivity contribution in [2.75, 3.05) is 11.9 Å². The molecule has 1 aromatic carbocycles. The summed E-state index contributed by atoms with van der Waals surface area (Å²) < 4.78 is 5.42. The molecule has 0 atom stereocenters. The number of nitrogens with one attached hydrogen (secondary N) is 1. The molecule has 116 valence electrons. The number of anilines is 1. The van der Waals surface area contributed by atoms with Gasteiger partial charge >= 0.3 is 0 Å². The van der Waals surface area contributed by atoms with Gasteiger partial charge in [0.1, 0.15) is 5.75 Å². The molecule has 0 saturated heterocycles. The minimum Gasteiger partial charge on any atom is -0.494 e. The molecule has 5 heteroatoms. The van der Waals surface area contributed by atoms with Gasteiger partial charge in [0.15, 0.2) is 0 Å². The van der Waals surface area contributed by atoms with Crippen molar-refractivity contribution in [1.29, 1.82) is 0 Å². The van der Waals surface area contributed by atoms with E-state index in [0.29, 0.717) is 23.8 Å². The second-order valence-electron chi connectivity index (χ2n) is 6.49. The lowest BCUT2D eigenvalue weighted by Crippen LogP contribution is -2.29. The van der Waals surface area contributed by atoms with Gasteiger partial charge < -0.3 is 10.1 Å². The lowest BCUT2D eigenvalue weighted by Gasteiger charge is -2.35. The predicted octanol–water partition coefficient (Wildman–Crippen LogP) is 4.37. The third-order valence-electron chi connectivity index (χ3n) is 4.12. The third kappa shape index (κ3) is 4.34. The van der Waals surface area contributed by atoms with E-state index in [2.05, 4.69) is 19.2 Å². The molecular formula is C16H24N2O3. The highest BCUT2D eigenvalue weighted by Gasteiger charge is 2.27. The molecule has 0 amide bonds. The van der Waals surface area contributed by atoms with E-state index in [1.807, 2.05) is 13.0 Å². The summed E-state index contributed by atoms with van der Waals surface area (Å²) in [4.78, 5) is 10.6. The van der Waals surface area contributed by atoms with Gasteiger partial charge in [-0.1, -0.05) is 13.8 Å². The van der Waals surface area contributed by atoms with Gasteiger partial charge in [0, 0.05) is 23.9 Å². The molecule has 0 spiro atoms. The fourth-order valence-corrected chi connectivity index (χ4v) is 2.80. The molecule has 0 aromatic heterocycles. The van der Waals surface area contributed by atoms with Gasteiger partial charge in [-0.2, -0.15) is 0 Å². The molecule has 0 radical (unpaired) electrons. The number of ether oxygens (including phenoxy) is 1. The van der Waals surface area contributed by atoms with Crippen molar-refractivity contribution in [3.05, 3.63) is 28.3 Å². The Hall–Kier alpha value is -1.78. The maximum atomic E-state index is 11.0. The van der Waals surface area contributed by atoms with E-state index in [4.69, 9.17) is 4.74 Å². The molecule has 2 rings (SSSR count). The summed E-state index contributed by atoms with van der Waals surface area (Å²) in [5.41, 5.74) is 1.26. The van der Waals surface area contributed by atoms with Gasteiger partial charge in [0.25, 0.3) is 5.69 Å². The van der Waals surface area contributed by atoms with Crippen LogP contribution in [0.3, 0.4) is 0 Å². The van der Waals surface area contributed by atoms with Gasteiger partial charge in [-0.25, -0.2) is 0 Å². The highest BCUT2D eigenvalue weighted by atomic mass is 16.6. The SMILES string of the molecule is CCOc1cc(NC2CCC(C)(C)CC2)cc([N+](=O)[O-])c1. The first kappa shape index (κ1) is 15.6. The molecular weight excluding hydrogens is 268 g/mol. The highest BCUT2D eigenvalue weighted by Crippen LogP contribution is 2.36. The smallest absolute Gasteiger partial charge is 0.275 e. The van der Waals surface area contributed by atoms with E-state index in [1.54, 1.807) is 6.07 Å². The van der Waals surface area contributed by atoms with Crippen LogP contribution in [0.5, 0.6) is 5.75 Å². The first-order valence-electron chi connectivity index (χ1n) is 7.58. The second kappa shape index (κ2) is 6.33. The molecule has 1 N–H and O–H groups in total. The van der Waals surface area contributed by atoms with Crippen LogP contribution in [0.15, 0.2) is 18.2 Å². The molecule has 1 aliphatic carbocycles. The summed E-state index contributed by atoms with van der Waals surface area (Å²) in [6.07, 6.45) is 4.55. The summed E-state index contributed by atoms with van der Waals surface area (Å²) in [6, 6.07) is 5.28. The summed E-state index contributed by atoms with van der Waals surface area (Å²) in [5, 5.41) is 14.4. The van der Waals surface area contributed by atoms with Crippen molar-refractivity contribution in [1.82, 2.24) is 0 Å². The second-order valence-corrected chi connectivity index (χ2v) is 6.49. The number of hydrogen-bond donors (Lipinski definition) is 1. The van der Waals surface area contributed by atoms with E-state index < -0.39 is 0 Å². The number of rotatable bonds is 5. The first-order chi connectivity index (χ1) is 9.89. The van der Waals surface area contributed by atoms with Crippen LogP contribution >= 0.6 is 0 Å². The summed E-state index contributed by atoms with van der Waals surface area (Å²) in [5.74, 6) is 0.547.